The highest BCUT2D eigenvalue weighted by atomic mass is 35.5. The molecule has 1 saturated carbocycles. The standard InChI is InChI=1S/C31H29Cl2N3O7S/c32-20-5-1-18(2-6-20)24(37)17-44-28-27(36(29(28)40)22-9-7-21(33)8-10-22)19-3-11-23(12-4-19)43-16-26(39)34-15-25(38)35-31(13-14-31)30(41)42/h1-12,24,27-28,37H,13-17H2,(H,34,39)(H,35,38)(H,41,42)/t24-,27?,28+/m0/s1. The van der Waals surface area contributed by atoms with E-state index in [1.165, 1.54) is 11.8 Å². The fraction of sp³-hybridized carbons (Fsp3) is 0.290. The van der Waals surface area contributed by atoms with Gasteiger partial charge in [0.25, 0.3) is 5.91 Å². The molecule has 10 nitrogen and oxygen atoms in total. The van der Waals surface area contributed by atoms with Crippen molar-refractivity contribution in [2.75, 3.05) is 23.8 Å². The summed E-state index contributed by atoms with van der Waals surface area (Å²) in [4.78, 5) is 50.4. The maximum absolute atomic E-state index is 13.3. The minimum absolute atomic E-state index is 0.0948. The molecule has 1 heterocycles. The Balaban J connectivity index is 1.20. The van der Waals surface area contributed by atoms with Crippen molar-refractivity contribution in [3.05, 3.63) is 94.0 Å². The summed E-state index contributed by atoms with van der Waals surface area (Å²) in [6, 6.07) is 20.6. The zero-order valence-electron chi connectivity index (χ0n) is 23.2. The lowest BCUT2D eigenvalue weighted by Crippen LogP contribution is -2.57. The van der Waals surface area contributed by atoms with Gasteiger partial charge >= 0.3 is 5.97 Å². The van der Waals surface area contributed by atoms with Crippen LogP contribution in [0.25, 0.3) is 0 Å². The molecule has 0 radical (unpaired) electrons. The summed E-state index contributed by atoms with van der Waals surface area (Å²) in [6.45, 7) is -0.714. The molecule has 1 aliphatic carbocycles. The van der Waals surface area contributed by atoms with Crippen LogP contribution in [-0.4, -0.2) is 63.6 Å². The number of thioether (sulfide) groups is 1. The third-order valence-electron chi connectivity index (χ3n) is 7.41. The number of anilines is 1. The number of aliphatic carboxylic acids is 1. The maximum atomic E-state index is 13.3. The molecule has 3 aromatic rings. The van der Waals surface area contributed by atoms with Gasteiger partial charge in [-0.15, -0.1) is 11.8 Å². The first-order chi connectivity index (χ1) is 21.1. The van der Waals surface area contributed by atoms with E-state index >= 15 is 0 Å². The van der Waals surface area contributed by atoms with E-state index in [2.05, 4.69) is 10.6 Å². The van der Waals surface area contributed by atoms with E-state index in [9.17, 15) is 24.3 Å². The largest absolute Gasteiger partial charge is 0.484 e. The van der Waals surface area contributed by atoms with Crippen molar-refractivity contribution in [3.63, 3.8) is 0 Å². The smallest absolute Gasteiger partial charge is 0.329 e. The fourth-order valence-corrected chi connectivity index (χ4v) is 6.33. The molecule has 44 heavy (non-hydrogen) atoms. The van der Waals surface area contributed by atoms with Crippen LogP contribution >= 0.6 is 35.0 Å². The Labute approximate surface area is 267 Å². The number of hydrogen-bond acceptors (Lipinski definition) is 7. The Morgan fingerprint density at radius 2 is 1.57 bits per heavy atom. The Morgan fingerprint density at radius 1 is 0.955 bits per heavy atom. The third-order valence-corrected chi connectivity index (χ3v) is 9.25. The van der Waals surface area contributed by atoms with Crippen molar-refractivity contribution >= 4 is 64.3 Å². The molecule has 4 N–H and O–H groups in total. The van der Waals surface area contributed by atoms with E-state index in [1.54, 1.807) is 65.6 Å². The number of aliphatic hydroxyl groups is 1. The van der Waals surface area contributed by atoms with Gasteiger partial charge < -0.3 is 30.5 Å². The van der Waals surface area contributed by atoms with Crippen LogP contribution < -0.4 is 20.3 Å². The zero-order valence-corrected chi connectivity index (χ0v) is 25.6. The normalized spacial score (nSPS) is 19.0. The summed E-state index contributed by atoms with van der Waals surface area (Å²) < 4.78 is 5.57. The molecular weight excluding hydrogens is 629 g/mol. The highest BCUT2D eigenvalue weighted by Gasteiger charge is 2.51. The van der Waals surface area contributed by atoms with Gasteiger partial charge in [0.2, 0.25) is 11.8 Å². The summed E-state index contributed by atoms with van der Waals surface area (Å²) in [6.07, 6.45) is -0.0631. The number of amides is 3. The van der Waals surface area contributed by atoms with E-state index in [-0.39, 0.29) is 25.1 Å². The van der Waals surface area contributed by atoms with Crippen molar-refractivity contribution in [1.82, 2.24) is 10.6 Å². The number of rotatable bonds is 13. The molecule has 13 heteroatoms. The van der Waals surface area contributed by atoms with E-state index in [0.717, 1.165) is 5.56 Å². The first kappa shape index (κ1) is 31.6. The second kappa shape index (κ2) is 13.5. The summed E-state index contributed by atoms with van der Waals surface area (Å²) >= 11 is 13.4. The molecule has 3 aromatic carbocycles. The zero-order chi connectivity index (χ0) is 31.4. The lowest BCUT2D eigenvalue weighted by atomic mass is 9.92. The number of nitrogens with one attached hydrogen (secondary N) is 2. The minimum atomic E-state index is -1.22. The van der Waals surface area contributed by atoms with Crippen molar-refractivity contribution < 1.29 is 34.1 Å². The lowest BCUT2D eigenvalue weighted by molar-refractivity contribution is -0.143. The van der Waals surface area contributed by atoms with Gasteiger partial charge in [0.15, 0.2) is 6.61 Å². The average molecular weight is 659 g/mol. The van der Waals surface area contributed by atoms with Gasteiger partial charge in [0, 0.05) is 21.5 Å². The van der Waals surface area contributed by atoms with Crippen LogP contribution in [0.5, 0.6) is 5.75 Å². The number of nitrogens with zero attached hydrogens (tertiary/aromatic N) is 1. The molecule has 3 amide bonds. The molecule has 0 aromatic heterocycles. The highest BCUT2D eigenvalue weighted by Crippen LogP contribution is 2.46. The van der Waals surface area contributed by atoms with Crippen LogP contribution in [0.2, 0.25) is 10.0 Å². The number of carbonyl (C=O) groups is 4. The second-order valence-electron chi connectivity index (χ2n) is 10.5. The Hall–Kier alpha value is -3.77. The molecule has 2 fully saturated rings. The summed E-state index contributed by atoms with van der Waals surface area (Å²) in [5.74, 6) is -1.61. The number of ether oxygens (including phenoxy) is 1. The number of carboxylic acids is 1. The van der Waals surface area contributed by atoms with E-state index < -0.39 is 34.7 Å². The van der Waals surface area contributed by atoms with Crippen molar-refractivity contribution in [1.29, 1.82) is 0 Å². The Morgan fingerprint density at radius 3 is 2.16 bits per heavy atom. The molecule has 1 aliphatic heterocycles. The summed E-state index contributed by atoms with van der Waals surface area (Å²) in [5.41, 5.74) is 1.01. The van der Waals surface area contributed by atoms with Gasteiger partial charge in [-0.2, -0.15) is 0 Å². The lowest BCUT2D eigenvalue weighted by Gasteiger charge is -2.47. The minimum Gasteiger partial charge on any atom is -0.484 e. The van der Waals surface area contributed by atoms with Gasteiger partial charge in [-0.1, -0.05) is 47.5 Å². The van der Waals surface area contributed by atoms with E-state index in [4.69, 9.17) is 33.0 Å². The van der Waals surface area contributed by atoms with Gasteiger partial charge in [0.1, 0.15) is 16.5 Å². The van der Waals surface area contributed by atoms with Crippen LogP contribution in [0.4, 0.5) is 5.69 Å². The SMILES string of the molecule is O=C(COc1ccc(C2[C@@H](SC[C@H](O)c3ccc(Cl)cc3)C(=O)N2c2ccc(Cl)cc2)cc1)NCC(=O)NC1(C(=O)O)CC1. The third kappa shape index (κ3) is 7.29. The maximum Gasteiger partial charge on any atom is 0.329 e. The molecular formula is C31H29Cl2N3O7S. The predicted molar refractivity (Wildman–Crippen MR) is 167 cm³/mol. The quantitative estimate of drug-likeness (QED) is 0.201. The van der Waals surface area contributed by atoms with Gasteiger partial charge in [-0.3, -0.25) is 14.4 Å². The summed E-state index contributed by atoms with van der Waals surface area (Å²) in [5, 5.41) is 25.4. The van der Waals surface area contributed by atoms with Crippen LogP contribution in [0.3, 0.4) is 0 Å². The van der Waals surface area contributed by atoms with Crippen LogP contribution in [0.1, 0.15) is 36.1 Å². The Kier molecular flexibility index (Phi) is 9.69. The molecule has 0 spiro atoms. The van der Waals surface area contributed by atoms with Gasteiger partial charge in [-0.05, 0) is 72.5 Å². The molecule has 1 saturated heterocycles. The second-order valence-corrected chi connectivity index (χ2v) is 12.6. The topological polar surface area (TPSA) is 145 Å². The van der Waals surface area contributed by atoms with Crippen LogP contribution in [0.15, 0.2) is 72.8 Å². The monoisotopic (exact) mass is 657 g/mol. The molecule has 1 unspecified atom stereocenters. The van der Waals surface area contributed by atoms with Gasteiger partial charge in [0.05, 0.1) is 18.7 Å². The average Bonchev–Trinajstić information content (AvgIpc) is 3.80. The first-order valence-electron chi connectivity index (χ1n) is 13.7. The van der Waals surface area contributed by atoms with Crippen molar-refractivity contribution in [2.24, 2.45) is 0 Å². The Bertz CT molecular complexity index is 1530. The molecule has 230 valence electrons. The van der Waals surface area contributed by atoms with Crippen molar-refractivity contribution in [2.45, 2.75) is 35.8 Å². The van der Waals surface area contributed by atoms with E-state index in [0.29, 0.717) is 45.6 Å². The highest BCUT2D eigenvalue weighted by molar-refractivity contribution is 8.00. The fourth-order valence-electron chi connectivity index (χ4n) is 4.78. The summed E-state index contributed by atoms with van der Waals surface area (Å²) in [7, 11) is 0. The molecule has 2 aliphatic rings. The number of hydrogen-bond donors (Lipinski definition) is 4. The molecule has 3 atom stereocenters. The van der Waals surface area contributed by atoms with Crippen molar-refractivity contribution in [3.8, 4) is 5.75 Å². The molecule has 5 rings (SSSR count). The number of carboxylic acid groups (broad SMARTS) is 1. The first-order valence-corrected chi connectivity index (χ1v) is 15.5. The predicted octanol–water partition coefficient (Wildman–Crippen LogP) is 4.15. The number of aliphatic hydroxyl groups excluding tert-OH is 1. The van der Waals surface area contributed by atoms with E-state index in [1.807, 2.05) is 12.1 Å². The van der Waals surface area contributed by atoms with Crippen LogP contribution in [-0.2, 0) is 19.2 Å². The molecule has 0 bridgehead atoms. The van der Waals surface area contributed by atoms with Crippen LogP contribution in [0, 0.1) is 0 Å². The number of carbonyl (C=O) groups excluding carboxylic acids is 3. The van der Waals surface area contributed by atoms with Gasteiger partial charge in [-0.25, -0.2) is 4.79 Å². The number of benzene rings is 3. The number of β-lactam (4-membered cyclic amide) rings is 1. The number of halogens is 2.